The van der Waals surface area contributed by atoms with Gasteiger partial charge in [0.05, 0.1) is 12.2 Å². The van der Waals surface area contributed by atoms with E-state index in [-0.39, 0.29) is 24.1 Å². The number of sulfone groups is 1. The Labute approximate surface area is 111 Å². The Morgan fingerprint density at radius 1 is 1.42 bits per heavy atom. The number of benzene rings is 1. The Hall–Kier alpha value is -1.89. The minimum atomic E-state index is -3.09. The number of fused-ring (bicyclic) bond motifs is 1. The van der Waals surface area contributed by atoms with Gasteiger partial charge < -0.3 is 10.6 Å². The van der Waals surface area contributed by atoms with Gasteiger partial charge in [0.2, 0.25) is 5.91 Å². The summed E-state index contributed by atoms with van der Waals surface area (Å²) in [4.78, 5) is 23.0. The van der Waals surface area contributed by atoms with Gasteiger partial charge in [0.15, 0.2) is 0 Å². The molecule has 0 aliphatic carbocycles. The zero-order valence-electron chi connectivity index (χ0n) is 10.4. The van der Waals surface area contributed by atoms with Gasteiger partial charge in [0, 0.05) is 24.1 Å². The molecule has 2 N–H and O–H groups in total. The first-order valence-corrected chi connectivity index (χ1v) is 7.80. The highest BCUT2D eigenvalue weighted by molar-refractivity contribution is 7.90. The molecule has 2 amide bonds. The summed E-state index contributed by atoms with van der Waals surface area (Å²) in [5, 5.41) is 5.19. The summed E-state index contributed by atoms with van der Waals surface area (Å²) >= 11 is 0. The van der Waals surface area contributed by atoms with Gasteiger partial charge >= 0.3 is 0 Å². The second-order valence-electron chi connectivity index (χ2n) is 4.48. The summed E-state index contributed by atoms with van der Waals surface area (Å²) in [5.41, 5.74) is 1.90. The van der Waals surface area contributed by atoms with Crippen molar-refractivity contribution in [3.8, 4) is 0 Å². The highest BCUT2D eigenvalue weighted by Gasteiger charge is 2.19. The smallest absolute Gasteiger partial charge is 0.251 e. The highest BCUT2D eigenvalue weighted by Crippen LogP contribution is 2.23. The number of carbonyl (C=O) groups is 2. The normalized spacial score (nSPS) is 13.8. The van der Waals surface area contributed by atoms with Crippen LogP contribution in [0.5, 0.6) is 0 Å². The first-order chi connectivity index (χ1) is 8.85. The molecular formula is C12H14N2O4S. The van der Waals surface area contributed by atoms with Gasteiger partial charge in [-0.1, -0.05) is 6.07 Å². The largest absolute Gasteiger partial charge is 0.351 e. The summed E-state index contributed by atoms with van der Waals surface area (Å²) in [7, 11) is -3.09. The number of nitrogens with one attached hydrogen (secondary N) is 2. The lowest BCUT2D eigenvalue weighted by Crippen LogP contribution is -2.28. The lowest BCUT2D eigenvalue weighted by Gasteiger charge is -2.06. The van der Waals surface area contributed by atoms with Crippen LogP contribution < -0.4 is 10.6 Å². The second kappa shape index (κ2) is 5.00. The topological polar surface area (TPSA) is 92.3 Å². The van der Waals surface area contributed by atoms with Crippen molar-refractivity contribution in [1.29, 1.82) is 0 Å². The molecule has 7 heteroatoms. The van der Waals surface area contributed by atoms with E-state index in [1.54, 1.807) is 18.2 Å². The van der Waals surface area contributed by atoms with Crippen molar-refractivity contribution in [3.05, 3.63) is 29.3 Å². The molecule has 102 valence electrons. The van der Waals surface area contributed by atoms with Crippen molar-refractivity contribution in [3.63, 3.8) is 0 Å². The molecule has 1 aliphatic heterocycles. The van der Waals surface area contributed by atoms with E-state index in [9.17, 15) is 18.0 Å². The first kappa shape index (κ1) is 13.5. The predicted molar refractivity (Wildman–Crippen MR) is 70.8 cm³/mol. The molecular weight excluding hydrogens is 268 g/mol. The maximum Gasteiger partial charge on any atom is 0.251 e. The van der Waals surface area contributed by atoms with Gasteiger partial charge in [-0.15, -0.1) is 0 Å². The number of hydrogen-bond acceptors (Lipinski definition) is 4. The minimum absolute atomic E-state index is 0.0705. The Kier molecular flexibility index (Phi) is 3.57. The second-order valence-corrected chi connectivity index (χ2v) is 6.74. The van der Waals surface area contributed by atoms with Crippen LogP contribution in [0.15, 0.2) is 18.2 Å². The molecule has 0 saturated carbocycles. The van der Waals surface area contributed by atoms with Crippen LogP contribution in [0.25, 0.3) is 0 Å². The van der Waals surface area contributed by atoms with E-state index < -0.39 is 9.84 Å². The molecule has 1 aromatic rings. The fourth-order valence-electron chi connectivity index (χ4n) is 1.81. The SMILES string of the molecule is CS(=O)(=O)CCNC(=O)c1ccc2c(c1)NC(=O)C2. The Morgan fingerprint density at radius 3 is 2.84 bits per heavy atom. The van der Waals surface area contributed by atoms with E-state index >= 15 is 0 Å². The van der Waals surface area contributed by atoms with E-state index in [4.69, 9.17) is 0 Å². The van der Waals surface area contributed by atoms with Crippen LogP contribution in [0.2, 0.25) is 0 Å². The molecule has 0 unspecified atom stereocenters. The highest BCUT2D eigenvalue weighted by atomic mass is 32.2. The minimum Gasteiger partial charge on any atom is -0.351 e. The van der Waals surface area contributed by atoms with Gasteiger partial charge in [0.25, 0.3) is 5.91 Å². The average Bonchev–Trinajstić information content (AvgIpc) is 2.65. The van der Waals surface area contributed by atoms with Crippen molar-refractivity contribution < 1.29 is 18.0 Å². The van der Waals surface area contributed by atoms with Crippen LogP contribution in [0.3, 0.4) is 0 Å². The Balaban J connectivity index is 2.01. The number of hydrogen-bond donors (Lipinski definition) is 2. The summed E-state index contributed by atoms with van der Waals surface area (Å²) in [6.07, 6.45) is 1.44. The molecule has 0 spiro atoms. The molecule has 1 aromatic carbocycles. The molecule has 0 atom stereocenters. The molecule has 19 heavy (non-hydrogen) atoms. The van der Waals surface area contributed by atoms with Crippen molar-refractivity contribution in [2.24, 2.45) is 0 Å². The lowest BCUT2D eigenvalue weighted by molar-refractivity contribution is -0.115. The standard InChI is InChI=1S/C12H14N2O4S/c1-19(17,18)5-4-13-12(16)9-3-2-8-7-11(15)14-10(8)6-9/h2-3,6H,4-5,7H2,1H3,(H,13,16)(H,14,15). The quantitative estimate of drug-likeness (QED) is 0.810. The van der Waals surface area contributed by atoms with Crippen LogP contribution in [-0.4, -0.2) is 38.8 Å². The molecule has 0 bridgehead atoms. The van der Waals surface area contributed by atoms with Gasteiger partial charge in [-0.05, 0) is 17.7 Å². The molecule has 0 aromatic heterocycles. The third kappa shape index (κ3) is 3.54. The first-order valence-electron chi connectivity index (χ1n) is 5.74. The van der Waals surface area contributed by atoms with Gasteiger partial charge in [0.1, 0.15) is 9.84 Å². The van der Waals surface area contributed by atoms with Crippen LogP contribution in [-0.2, 0) is 21.1 Å². The number of carbonyl (C=O) groups excluding carboxylic acids is 2. The maximum absolute atomic E-state index is 11.8. The zero-order valence-corrected chi connectivity index (χ0v) is 11.2. The monoisotopic (exact) mass is 282 g/mol. The van der Waals surface area contributed by atoms with E-state index in [0.29, 0.717) is 17.7 Å². The fourth-order valence-corrected chi connectivity index (χ4v) is 2.28. The van der Waals surface area contributed by atoms with Gasteiger partial charge in [-0.3, -0.25) is 9.59 Å². The predicted octanol–water partition coefficient (Wildman–Crippen LogP) is -0.0444. The summed E-state index contributed by atoms with van der Waals surface area (Å²) in [6, 6.07) is 4.93. The van der Waals surface area contributed by atoms with Crippen molar-refractivity contribution in [2.75, 3.05) is 23.9 Å². The van der Waals surface area contributed by atoms with Crippen molar-refractivity contribution >= 4 is 27.3 Å². The van der Waals surface area contributed by atoms with Gasteiger partial charge in [-0.2, -0.15) is 0 Å². The van der Waals surface area contributed by atoms with E-state index in [1.807, 2.05) is 0 Å². The fraction of sp³-hybridized carbons (Fsp3) is 0.333. The van der Waals surface area contributed by atoms with E-state index in [1.165, 1.54) is 0 Å². The summed E-state index contributed by atoms with van der Waals surface area (Å²) < 4.78 is 21.9. The van der Waals surface area contributed by atoms with Crippen molar-refractivity contribution in [1.82, 2.24) is 5.32 Å². The van der Waals surface area contributed by atoms with E-state index in [0.717, 1.165) is 11.8 Å². The van der Waals surface area contributed by atoms with Crippen LogP contribution in [0, 0.1) is 0 Å². The molecule has 6 nitrogen and oxygen atoms in total. The molecule has 0 saturated heterocycles. The number of rotatable bonds is 4. The van der Waals surface area contributed by atoms with E-state index in [2.05, 4.69) is 10.6 Å². The third-order valence-corrected chi connectivity index (χ3v) is 3.70. The molecule has 2 rings (SSSR count). The lowest BCUT2D eigenvalue weighted by atomic mass is 10.1. The number of amides is 2. The summed E-state index contributed by atoms with van der Waals surface area (Å²) in [6.45, 7) is 0.0705. The third-order valence-electron chi connectivity index (χ3n) is 2.76. The van der Waals surface area contributed by atoms with Crippen LogP contribution in [0.4, 0.5) is 5.69 Å². The molecule has 0 fully saturated rings. The summed E-state index contributed by atoms with van der Waals surface area (Å²) in [5.74, 6) is -0.544. The van der Waals surface area contributed by atoms with Crippen molar-refractivity contribution in [2.45, 2.75) is 6.42 Å². The number of anilines is 1. The average molecular weight is 282 g/mol. The van der Waals surface area contributed by atoms with Crippen LogP contribution in [0.1, 0.15) is 15.9 Å². The molecule has 1 heterocycles. The zero-order chi connectivity index (χ0) is 14.0. The molecule has 0 radical (unpaired) electrons. The van der Waals surface area contributed by atoms with Gasteiger partial charge in [-0.25, -0.2) is 8.42 Å². The Bertz CT molecular complexity index is 637. The maximum atomic E-state index is 11.8. The molecule has 1 aliphatic rings. The van der Waals surface area contributed by atoms with Crippen LogP contribution >= 0.6 is 0 Å². The Morgan fingerprint density at radius 2 is 2.16 bits per heavy atom.